The maximum atomic E-state index is 10.9. The van der Waals surface area contributed by atoms with E-state index in [9.17, 15) is 4.91 Å². The van der Waals surface area contributed by atoms with Gasteiger partial charge in [-0.3, -0.25) is 9.88 Å². The van der Waals surface area contributed by atoms with Crippen molar-refractivity contribution in [3.63, 3.8) is 0 Å². The Morgan fingerprint density at radius 3 is 2.92 bits per heavy atom. The molecule has 1 fully saturated rings. The van der Waals surface area contributed by atoms with Crippen LogP contribution in [0.3, 0.4) is 0 Å². The van der Waals surface area contributed by atoms with Crippen LogP contribution >= 0.6 is 11.6 Å². The van der Waals surface area contributed by atoms with Crippen molar-refractivity contribution < 1.29 is 4.74 Å². The fraction of sp³-hybridized carbons (Fsp3) is 0.294. The number of halogens is 1. The van der Waals surface area contributed by atoms with Gasteiger partial charge in [-0.2, -0.15) is 0 Å². The van der Waals surface area contributed by atoms with Crippen molar-refractivity contribution >= 4 is 28.7 Å². The number of aliphatic imine (C=N–C) groups is 1. The quantitative estimate of drug-likeness (QED) is 0.854. The number of rotatable bonds is 3. The number of ether oxygens (including phenoxy) is 1. The van der Waals surface area contributed by atoms with E-state index in [4.69, 9.17) is 21.3 Å². The Balaban J connectivity index is 1.79. The van der Waals surface area contributed by atoms with E-state index in [1.54, 1.807) is 24.4 Å². The average Bonchev–Trinajstić information content (AvgIpc) is 2.67. The first-order valence-corrected chi connectivity index (χ1v) is 8.38. The minimum absolute atomic E-state index is 0.237. The van der Waals surface area contributed by atoms with Crippen LogP contribution in [0.4, 0.5) is 11.4 Å². The van der Waals surface area contributed by atoms with E-state index < -0.39 is 0 Å². The first-order valence-electron chi connectivity index (χ1n) is 8.00. The Bertz CT molecular complexity index is 836. The molecule has 2 aliphatic rings. The second kappa shape index (κ2) is 6.87. The highest BCUT2D eigenvalue weighted by Crippen LogP contribution is 2.29. The van der Waals surface area contributed by atoms with E-state index >= 15 is 0 Å². The van der Waals surface area contributed by atoms with E-state index in [0.717, 1.165) is 24.3 Å². The zero-order valence-electron chi connectivity index (χ0n) is 13.4. The van der Waals surface area contributed by atoms with Crippen LogP contribution < -0.4 is 5.32 Å². The summed E-state index contributed by atoms with van der Waals surface area (Å²) >= 11 is 6.12. The maximum absolute atomic E-state index is 10.9. The molecule has 7 nitrogen and oxygen atoms in total. The zero-order chi connectivity index (χ0) is 17.2. The summed E-state index contributed by atoms with van der Waals surface area (Å²) in [4.78, 5) is 22.4. The van der Waals surface area contributed by atoms with Crippen LogP contribution in [-0.2, 0) is 4.74 Å². The van der Waals surface area contributed by atoms with Gasteiger partial charge in [0.25, 0.3) is 0 Å². The summed E-state index contributed by atoms with van der Waals surface area (Å²) in [5, 5.41) is 6.95. The van der Waals surface area contributed by atoms with Crippen molar-refractivity contribution in [1.82, 2.24) is 9.88 Å². The van der Waals surface area contributed by atoms with Crippen LogP contribution in [-0.4, -0.2) is 48.2 Å². The number of morpholine rings is 1. The lowest BCUT2D eigenvalue weighted by atomic mass is 10.0. The summed E-state index contributed by atoms with van der Waals surface area (Å²) in [5.74, 6) is 0. The lowest BCUT2D eigenvalue weighted by molar-refractivity contribution is 0.0235. The number of nitrogens with zero attached hydrogens (tertiary/aromatic N) is 4. The van der Waals surface area contributed by atoms with E-state index in [-0.39, 0.29) is 6.29 Å². The fourth-order valence-corrected chi connectivity index (χ4v) is 3.17. The Morgan fingerprint density at radius 2 is 2.12 bits per heavy atom. The molecule has 2 aliphatic heterocycles. The molecule has 0 spiro atoms. The molecule has 8 heteroatoms. The van der Waals surface area contributed by atoms with Gasteiger partial charge >= 0.3 is 0 Å². The molecule has 0 amide bonds. The number of aromatic nitrogens is 1. The predicted octanol–water partition coefficient (Wildman–Crippen LogP) is 3.01. The van der Waals surface area contributed by atoms with Gasteiger partial charge in [0.05, 0.1) is 29.6 Å². The topological polar surface area (TPSA) is 79.2 Å². The molecule has 128 valence electrons. The number of hydrogen-bond acceptors (Lipinski definition) is 7. The molecule has 1 aromatic carbocycles. The van der Waals surface area contributed by atoms with Gasteiger partial charge in [0.15, 0.2) is 6.29 Å². The van der Waals surface area contributed by atoms with Crippen molar-refractivity contribution in [1.29, 1.82) is 0 Å². The summed E-state index contributed by atoms with van der Waals surface area (Å²) in [6.07, 6.45) is 1.36. The third-order valence-corrected chi connectivity index (χ3v) is 4.44. The van der Waals surface area contributed by atoms with Gasteiger partial charge in [0.1, 0.15) is 11.4 Å². The molecule has 25 heavy (non-hydrogen) atoms. The molecule has 1 N–H and O–H groups in total. The van der Waals surface area contributed by atoms with Gasteiger partial charge in [-0.05, 0) is 23.4 Å². The highest BCUT2D eigenvalue weighted by molar-refractivity contribution is 6.31. The second-order valence-electron chi connectivity index (χ2n) is 5.84. The van der Waals surface area contributed by atoms with E-state index in [2.05, 4.69) is 20.4 Å². The first-order chi connectivity index (χ1) is 12.2. The van der Waals surface area contributed by atoms with Gasteiger partial charge in [-0.25, -0.2) is 4.99 Å². The van der Waals surface area contributed by atoms with Crippen LogP contribution in [0.25, 0.3) is 0 Å². The molecule has 1 aromatic heterocycles. The number of benzene rings is 1. The Kier molecular flexibility index (Phi) is 4.44. The van der Waals surface area contributed by atoms with Crippen LogP contribution in [0.1, 0.15) is 11.3 Å². The molecule has 2 aromatic rings. The van der Waals surface area contributed by atoms with Crippen LogP contribution in [0.5, 0.6) is 0 Å². The van der Waals surface area contributed by atoms with Gasteiger partial charge in [0.2, 0.25) is 0 Å². The normalized spacial score (nSPS) is 20.4. The first kappa shape index (κ1) is 16.1. The fourth-order valence-electron chi connectivity index (χ4n) is 3.01. The molecule has 0 bridgehead atoms. The van der Waals surface area contributed by atoms with Crippen molar-refractivity contribution in [2.45, 2.75) is 6.29 Å². The lowest BCUT2D eigenvalue weighted by Gasteiger charge is -2.35. The Labute approximate surface area is 149 Å². The average molecular weight is 358 g/mol. The number of fused-ring (bicyclic) bond motifs is 1. The molecule has 3 heterocycles. The molecule has 1 unspecified atom stereocenters. The Hall–Kier alpha value is -2.35. The minimum atomic E-state index is -0.237. The van der Waals surface area contributed by atoms with Crippen molar-refractivity contribution in [2.75, 3.05) is 31.6 Å². The van der Waals surface area contributed by atoms with Crippen LogP contribution in [0.15, 0.2) is 46.7 Å². The number of pyridine rings is 1. The SMILES string of the molecule is O=Nc1cccc(C2=NC(N3CCOCC3)Nc3cc(Cl)cnc32)c1. The number of anilines is 1. The molecular weight excluding hydrogens is 342 g/mol. The second-order valence-corrected chi connectivity index (χ2v) is 6.27. The highest BCUT2D eigenvalue weighted by atomic mass is 35.5. The third kappa shape index (κ3) is 3.26. The van der Waals surface area contributed by atoms with Gasteiger partial charge in [-0.1, -0.05) is 23.7 Å². The maximum Gasteiger partial charge on any atom is 0.177 e. The third-order valence-electron chi connectivity index (χ3n) is 4.23. The molecule has 4 rings (SSSR count). The molecule has 0 radical (unpaired) electrons. The lowest BCUT2D eigenvalue weighted by Crippen LogP contribution is -2.48. The van der Waals surface area contributed by atoms with Crippen molar-refractivity contribution in [3.8, 4) is 0 Å². The monoisotopic (exact) mass is 357 g/mol. The van der Waals surface area contributed by atoms with Crippen LogP contribution in [0.2, 0.25) is 5.02 Å². The smallest absolute Gasteiger partial charge is 0.177 e. The largest absolute Gasteiger partial charge is 0.379 e. The standard InChI is InChI=1S/C17H16ClN5O2/c18-12-9-14-16(19-10-12)15(11-2-1-3-13(8-11)22-24)21-17(20-14)23-4-6-25-7-5-23/h1-3,8-10,17,20H,4-7H2. The number of nitroso groups, excluding NO2 is 1. The summed E-state index contributed by atoms with van der Waals surface area (Å²) in [5.41, 5.74) is 3.40. The number of hydrogen-bond donors (Lipinski definition) is 1. The highest BCUT2D eigenvalue weighted by Gasteiger charge is 2.28. The molecule has 1 atom stereocenters. The van der Waals surface area contributed by atoms with E-state index in [1.807, 2.05) is 12.1 Å². The summed E-state index contributed by atoms with van der Waals surface area (Å²) in [6.45, 7) is 2.92. The summed E-state index contributed by atoms with van der Waals surface area (Å²) in [7, 11) is 0. The van der Waals surface area contributed by atoms with Crippen molar-refractivity contribution in [3.05, 3.63) is 57.7 Å². The van der Waals surface area contributed by atoms with Gasteiger partial charge < -0.3 is 10.1 Å². The molecule has 0 aliphatic carbocycles. The minimum Gasteiger partial charge on any atom is -0.379 e. The molecular formula is C17H16ClN5O2. The summed E-state index contributed by atoms with van der Waals surface area (Å²) in [6, 6.07) is 8.90. The predicted molar refractivity (Wildman–Crippen MR) is 96.6 cm³/mol. The zero-order valence-corrected chi connectivity index (χ0v) is 14.1. The van der Waals surface area contributed by atoms with Gasteiger partial charge in [-0.15, -0.1) is 4.91 Å². The van der Waals surface area contributed by atoms with Crippen LogP contribution in [0, 0.1) is 4.91 Å². The molecule has 0 saturated carbocycles. The number of nitrogens with one attached hydrogen (secondary N) is 1. The van der Waals surface area contributed by atoms with E-state index in [0.29, 0.717) is 35.3 Å². The Morgan fingerprint density at radius 1 is 1.28 bits per heavy atom. The molecule has 1 saturated heterocycles. The van der Waals surface area contributed by atoms with Crippen molar-refractivity contribution in [2.24, 2.45) is 10.2 Å². The van der Waals surface area contributed by atoms with Gasteiger partial charge in [0, 0.05) is 24.8 Å². The van der Waals surface area contributed by atoms with E-state index in [1.165, 1.54) is 0 Å². The summed E-state index contributed by atoms with van der Waals surface area (Å²) < 4.78 is 5.42.